The topological polar surface area (TPSA) is 49.4 Å². The third kappa shape index (κ3) is 2.93. The lowest BCUT2D eigenvalue weighted by Crippen LogP contribution is -2.32. The lowest BCUT2D eigenvalue weighted by atomic mass is 10.1. The highest BCUT2D eigenvalue weighted by molar-refractivity contribution is 6.05. The Bertz CT molecular complexity index is 859. The predicted octanol–water partition coefficient (Wildman–Crippen LogP) is 3.47. The second-order valence-corrected chi connectivity index (χ2v) is 7.12. The molecule has 4 nitrogen and oxygen atoms in total. The second-order valence-electron chi connectivity index (χ2n) is 7.12. The highest BCUT2D eigenvalue weighted by atomic mass is 16.2. The number of rotatable bonds is 3. The molecule has 0 aromatic heterocycles. The van der Waals surface area contributed by atoms with Gasteiger partial charge in [0.2, 0.25) is 11.8 Å². The zero-order valence-corrected chi connectivity index (χ0v) is 14.6. The zero-order valence-electron chi connectivity index (χ0n) is 14.6. The van der Waals surface area contributed by atoms with E-state index in [-0.39, 0.29) is 23.7 Å². The van der Waals surface area contributed by atoms with E-state index in [1.54, 1.807) is 0 Å². The molecule has 2 amide bonds. The lowest BCUT2D eigenvalue weighted by Gasteiger charge is -2.17. The van der Waals surface area contributed by atoms with Gasteiger partial charge in [-0.3, -0.25) is 9.59 Å². The molecule has 0 spiro atoms. The highest BCUT2D eigenvalue weighted by Gasteiger charge is 2.50. The summed E-state index contributed by atoms with van der Waals surface area (Å²) in [6.45, 7) is 4.74. The van der Waals surface area contributed by atoms with Gasteiger partial charge in [0.05, 0.1) is 11.8 Å². The Balaban J connectivity index is 1.42. The Hall–Kier alpha value is -2.62. The van der Waals surface area contributed by atoms with Crippen molar-refractivity contribution in [3.8, 4) is 0 Å². The number of carbonyl (C=O) groups is 2. The molecule has 0 saturated heterocycles. The van der Waals surface area contributed by atoms with Crippen LogP contribution in [0.1, 0.15) is 23.1 Å². The minimum absolute atomic E-state index is 0.0437. The fourth-order valence-corrected chi connectivity index (χ4v) is 3.70. The van der Waals surface area contributed by atoms with E-state index in [0.29, 0.717) is 6.42 Å². The van der Waals surface area contributed by atoms with Crippen molar-refractivity contribution in [1.29, 1.82) is 0 Å². The van der Waals surface area contributed by atoms with Crippen LogP contribution in [0.5, 0.6) is 0 Å². The molecule has 0 bridgehead atoms. The number of nitrogens with zero attached hydrogens (tertiary/aromatic N) is 1. The predicted molar refractivity (Wildman–Crippen MR) is 98.6 cm³/mol. The molecule has 1 saturated carbocycles. The molecule has 2 aromatic carbocycles. The maximum atomic E-state index is 12.8. The summed E-state index contributed by atoms with van der Waals surface area (Å²) >= 11 is 0. The number of hydrogen-bond acceptors (Lipinski definition) is 2. The van der Waals surface area contributed by atoms with Crippen LogP contribution in [-0.2, 0) is 16.0 Å². The van der Waals surface area contributed by atoms with E-state index >= 15 is 0 Å². The Morgan fingerprint density at radius 3 is 2.68 bits per heavy atom. The van der Waals surface area contributed by atoms with Gasteiger partial charge in [-0.2, -0.15) is 0 Å². The summed E-state index contributed by atoms with van der Waals surface area (Å²) in [4.78, 5) is 27.2. The smallest absolute Gasteiger partial charge is 0.230 e. The first-order valence-corrected chi connectivity index (χ1v) is 8.82. The molecule has 2 atom stereocenters. The van der Waals surface area contributed by atoms with E-state index < -0.39 is 0 Å². The van der Waals surface area contributed by atoms with E-state index in [9.17, 15) is 9.59 Å². The number of nitrogens with one attached hydrogen (secondary N) is 1. The molecule has 2 unspecified atom stereocenters. The molecule has 1 fully saturated rings. The van der Waals surface area contributed by atoms with Crippen molar-refractivity contribution in [2.24, 2.45) is 11.8 Å². The number of para-hydroxylation sites is 1. The van der Waals surface area contributed by atoms with Crippen LogP contribution in [-0.4, -0.2) is 18.4 Å². The Labute approximate surface area is 147 Å². The number of hydrogen-bond donors (Lipinski definition) is 1. The standard InChI is InChI=1S/C21H22N2O2/c1-13-7-8-18(14(2)11-13)22-20(24)16-12-17(16)21(25)23-10-9-15-5-3-4-6-19(15)23/h3-8,11,16-17H,9-10,12H2,1-2H3,(H,22,24). The van der Waals surface area contributed by atoms with Crippen LogP contribution in [0.4, 0.5) is 11.4 Å². The van der Waals surface area contributed by atoms with Crippen LogP contribution in [0.15, 0.2) is 42.5 Å². The summed E-state index contributed by atoms with van der Waals surface area (Å²) in [5.74, 6) is -0.346. The monoisotopic (exact) mass is 334 g/mol. The molecule has 1 heterocycles. The van der Waals surface area contributed by atoms with Gasteiger partial charge in [-0.1, -0.05) is 35.9 Å². The number of amides is 2. The van der Waals surface area contributed by atoms with Crippen molar-refractivity contribution >= 4 is 23.2 Å². The van der Waals surface area contributed by atoms with Gasteiger partial charge in [0, 0.05) is 17.9 Å². The molecular formula is C21H22N2O2. The van der Waals surface area contributed by atoms with Gasteiger partial charge >= 0.3 is 0 Å². The van der Waals surface area contributed by atoms with E-state index in [4.69, 9.17) is 0 Å². The normalized spacial score (nSPS) is 21.0. The SMILES string of the molecule is Cc1ccc(NC(=O)C2CC2C(=O)N2CCc3ccccc32)c(C)c1. The quantitative estimate of drug-likeness (QED) is 0.934. The van der Waals surface area contributed by atoms with Crippen molar-refractivity contribution in [1.82, 2.24) is 0 Å². The minimum Gasteiger partial charge on any atom is -0.326 e. The van der Waals surface area contributed by atoms with E-state index in [1.165, 1.54) is 11.1 Å². The number of fused-ring (bicyclic) bond motifs is 1. The van der Waals surface area contributed by atoms with Gasteiger partial charge in [0.1, 0.15) is 0 Å². The summed E-state index contributed by atoms with van der Waals surface area (Å²) in [5, 5.41) is 2.98. The van der Waals surface area contributed by atoms with Gasteiger partial charge in [-0.05, 0) is 49.9 Å². The summed E-state index contributed by atoms with van der Waals surface area (Å²) < 4.78 is 0. The lowest BCUT2D eigenvalue weighted by molar-refractivity contribution is -0.123. The minimum atomic E-state index is -0.207. The largest absolute Gasteiger partial charge is 0.326 e. The molecule has 128 valence electrons. The van der Waals surface area contributed by atoms with Crippen LogP contribution >= 0.6 is 0 Å². The van der Waals surface area contributed by atoms with Gasteiger partial charge in [-0.25, -0.2) is 0 Å². The van der Waals surface area contributed by atoms with Crippen molar-refractivity contribution in [2.75, 3.05) is 16.8 Å². The summed E-state index contributed by atoms with van der Waals surface area (Å²) in [7, 11) is 0. The molecule has 2 aliphatic rings. The second kappa shape index (κ2) is 6.03. The number of aryl methyl sites for hydroxylation is 2. The number of carbonyl (C=O) groups excluding carboxylic acids is 2. The van der Waals surface area contributed by atoms with E-state index in [1.807, 2.05) is 55.1 Å². The molecule has 4 rings (SSSR count). The first-order chi connectivity index (χ1) is 12.0. The van der Waals surface area contributed by atoms with Gasteiger partial charge < -0.3 is 10.2 Å². The molecule has 4 heteroatoms. The van der Waals surface area contributed by atoms with Crippen LogP contribution < -0.4 is 10.2 Å². The average molecular weight is 334 g/mol. The number of benzene rings is 2. The van der Waals surface area contributed by atoms with Crippen LogP contribution in [0, 0.1) is 25.7 Å². The fraction of sp³-hybridized carbons (Fsp3) is 0.333. The van der Waals surface area contributed by atoms with Crippen molar-refractivity contribution in [2.45, 2.75) is 26.7 Å². The first-order valence-electron chi connectivity index (χ1n) is 8.82. The van der Waals surface area contributed by atoms with Crippen molar-refractivity contribution in [3.63, 3.8) is 0 Å². The highest BCUT2D eigenvalue weighted by Crippen LogP contribution is 2.43. The van der Waals surface area contributed by atoms with Gasteiger partial charge in [0.15, 0.2) is 0 Å². The Morgan fingerprint density at radius 1 is 1.08 bits per heavy atom. The molecule has 2 aromatic rings. The summed E-state index contributed by atoms with van der Waals surface area (Å²) in [6.07, 6.45) is 1.54. The first kappa shape index (κ1) is 15.9. The van der Waals surface area contributed by atoms with Crippen molar-refractivity contribution < 1.29 is 9.59 Å². The third-order valence-corrected chi connectivity index (χ3v) is 5.24. The molecule has 0 radical (unpaired) electrons. The molecule has 1 aliphatic heterocycles. The van der Waals surface area contributed by atoms with Gasteiger partial charge in [-0.15, -0.1) is 0 Å². The van der Waals surface area contributed by atoms with Crippen LogP contribution in [0.2, 0.25) is 0 Å². The zero-order chi connectivity index (χ0) is 17.6. The molecular weight excluding hydrogens is 312 g/mol. The molecule has 1 aliphatic carbocycles. The average Bonchev–Trinajstić information content (AvgIpc) is 3.29. The van der Waals surface area contributed by atoms with Gasteiger partial charge in [0.25, 0.3) is 0 Å². The summed E-state index contributed by atoms with van der Waals surface area (Å²) in [5.41, 5.74) is 5.27. The van der Waals surface area contributed by atoms with Crippen molar-refractivity contribution in [3.05, 3.63) is 59.2 Å². The summed E-state index contributed by atoms with van der Waals surface area (Å²) in [6, 6.07) is 14.0. The molecule has 25 heavy (non-hydrogen) atoms. The van der Waals surface area contributed by atoms with E-state index in [0.717, 1.165) is 29.9 Å². The maximum Gasteiger partial charge on any atom is 0.230 e. The third-order valence-electron chi connectivity index (χ3n) is 5.24. The Morgan fingerprint density at radius 2 is 1.88 bits per heavy atom. The van der Waals surface area contributed by atoms with Crippen LogP contribution in [0.3, 0.4) is 0 Å². The number of anilines is 2. The van der Waals surface area contributed by atoms with E-state index in [2.05, 4.69) is 11.4 Å². The van der Waals surface area contributed by atoms with Crippen LogP contribution in [0.25, 0.3) is 0 Å². The molecule has 1 N–H and O–H groups in total. The maximum absolute atomic E-state index is 12.8. The Kier molecular flexibility index (Phi) is 3.83. The fourth-order valence-electron chi connectivity index (χ4n) is 3.70.